The molecule has 0 saturated heterocycles. The largest absolute Gasteiger partial charge is 0.493 e. The zero-order valence-corrected chi connectivity index (χ0v) is 19.1. The molecule has 3 N–H and O–H groups in total. The van der Waals surface area contributed by atoms with Gasteiger partial charge < -0.3 is 10.5 Å². The van der Waals surface area contributed by atoms with Crippen molar-refractivity contribution in [2.45, 2.75) is 44.8 Å². The second-order valence-corrected chi connectivity index (χ2v) is 7.80. The van der Waals surface area contributed by atoms with Crippen molar-refractivity contribution in [3.05, 3.63) is 59.4 Å². The van der Waals surface area contributed by atoms with Crippen molar-refractivity contribution < 1.29 is 14.3 Å². The summed E-state index contributed by atoms with van der Waals surface area (Å²) in [5, 5.41) is 1.92. The van der Waals surface area contributed by atoms with Crippen LogP contribution in [0.25, 0.3) is 0 Å². The molecule has 1 aromatic heterocycles. The number of nitrogens with two attached hydrogens (primary N) is 1. The summed E-state index contributed by atoms with van der Waals surface area (Å²) in [6, 6.07) is 11.9. The lowest BCUT2D eigenvalue weighted by Crippen LogP contribution is -2.32. The van der Waals surface area contributed by atoms with Gasteiger partial charge in [0.15, 0.2) is 0 Å². The second-order valence-electron chi connectivity index (χ2n) is 6.76. The predicted molar refractivity (Wildman–Crippen MR) is 124 cm³/mol. The number of pyridine rings is 1. The fourth-order valence-electron chi connectivity index (χ4n) is 2.61. The van der Waals surface area contributed by atoms with Crippen molar-refractivity contribution in [2.24, 2.45) is 5.73 Å². The van der Waals surface area contributed by atoms with E-state index in [2.05, 4.69) is 36.3 Å². The lowest BCUT2D eigenvalue weighted by Gasteiger charge is -2.15. The molecule has 164 valence electrons. The van der Waals surface area contributed by atoms with E-state index in [-0.39, 0.29) is 17.1 Å². The number of amides is 2. The minimum atomic E-state index is -0.292. The van der Waals surface area contributed by atoms with E-state index in [1.165, 1.54) is 17.3 Å². The number of rotatable bonds is 10. The summed E-state index contributed by atoms with van der Waals surface area (Å²) in [6.07, 6.45) is 5.75. The number of imide groups is 1. The second kappa shape index (κ2) is 14.6. The number of thioether (sulfide) groups is 1. The molecule has 0 aliphatic rings. The van der Waals surface area contributed by atoms with Crippen molar-refractivity contribution in [2.75, 3.05) is 19.4 Å². The van der Waals surface area contributed by atoms with E-state index in [1.807, 2.05) is 43.6 Å². The number of carbonyl (C=O) groups excluding carboxylic acids is 2. The van der Waals surface area contributed by atoms with Crippen LogP contribution in [0.2, 0.25) is 0 Å². The van der Waals surface area contributed by atoms with Gasteiger partial charge in [-0.05, 0) is 55.0 Å². The van der Waals surface area contributed by atoms with Crippen LogP contribution in [0.3, 0.4) is 0 Å². The summed E-state index contributed by atoms with van der Waals surface area (Å²) in [5.41, 5.74) is 8.12. The SMILES string of the molecule is CCN.CCc1ccc(C(C)COc2ccc(CC(SC)C(=O)NC=O)cc2)nc1. The van der Waals surface area contributed by atoms with E-state index in [1.54, 1.807) is 0 Å². The third-order valence-corrected chi connectivity index (χ3v) is 5.33. The summed E-state index contributed by atoms with van der Waals surface area (Å²) in [6.45, 7) is 7.41. The van der Waals surface area contributed by atoms with Gasteiger partial charge in [0.25, 0.3) is 0 Å². The van der Waals surface area contributed by atoms with Gasteiger partial charge >= 0.3 is 0 Å². The zero-order chi connectivity index (χ0) is 22.4. The third kappa shape index (κ3) is 8.97. The maximum Gasteiger partial charge on any atom is 0.239 e. The molecule has 0 aliphatic heterocycles. The molecule has 2 unspecified atom stereocenters. The van der Waals surface area contributed by atoms with Crippen LogP contribution in [0.4, 0.5) is 0 Å². The number of hydrogen-bond acceptors (Lipinski definition) is 6. The van der Waals surface area contributed by atoms with Gasteiger partial charge in [0.2, 0.25) is 12.3 Å². The van der Waals surface area contributed by atoms with Crippen molar-refractivity contribution in [1.29, 1.82) is 0 Å². The molecular weight excluding hydrogens is 398 g/mol. The summed E-state index contributed by atoms with van der Waals surface area (Å²) in [5.74, 6) is 0.713. The van der Waals surface area contributed by atoms with Gasteiger partial charge in [0.05, 0.1) is 11.9 Å². The Morgan fingerprint density at radius 1 is 1.20 bits per heavy atom. The van der Waals surface area contributed by atoms with Crippen LogP contribution >= 0.6 is 11.8 Å². The Bertz CT molecular complexity index is 751. The highest BCUT2D eigenvalue weighted by molar-refractivity contribution is 7.99. The van der Waals surface area contributed by atoms with Gasteiger partial charge in [-0.15, -0.1) is 0 Å². The number of hydrogen-bond donors (Lipinski definition) is 2. The summed E-state index contributed by atoms with van der Waals surface area (Å²) >= 11 is 1.42. The van der Waals surface area contributed by atoms with E-state index in [4.69, 9.17) is 10.5 Å². The maximum atomic E-state index is 11.8. The highest BCUT2D eigenvalue weighted by atomic mass is 32.2. The fraction of sp³-hybridized carbons (Fsp3) is 0.435. The molecular formula is C23H33N3O3S. The Morgan fingerprint density at radius 3 is 2.33 bits per heavy atom. The molecule has 0 radical (unpaired) electrons. The molecule has 1 aromatic carbocycles. The summed E-state index contributed by atoms with van der Waals surface area (Å²) in [4.78, 5) is 26.7. The quantitative estimate of drug-likeness (QED) is 0.560. The van der Waals surface area contributed by atoms with Crippen molar-refractivity contribution in [3.8, 4) is 5.75 Å². The van der Waals surface area contributed by atoms with E-state index in [0.29, 0.717) is 19.4 Å². The molecule has 2 aromatic rings. The Labute approximate surface area is 184 Å². The number of aryl methyl sites for hydroxylation is 1. The molecule has 1 heterocycles. The normalized spacial score (nSPS) is 12.2. The fourth-order valence-corrected chi connectivity index (χ4v) is 3.25. The standard InChI is InChI=1S/C21H26N2O3S.C2H7N/c1-4-16-7-10-19(22-12-16)15(2)13-26-18-8-5-17(6-9-18)11-20(27-3)21(25)23-14-24;1-2-3/h5-10,12,14-15,20H,4,11,13H2,1-3H3,(H,23,24,25);2-3H2,1H3. The first-order chi connectivity index (χ1) is 14.5. The van der Waals surface area contributed by atoms with Gasteiger partial charge in [0.1, 0.15) is 5.75 Å². The average molecular weight is 432 g/mol. The predicted octanol–water partition coefficient (Wildman–Crippen LogP) is 3.34. The van der Waals surface area contributed by atoms with E-state index >= 15 is 0 Å². The highest BCUT2D eigenvalue weighted by Gasteiger charge is 2.17. The molecule has 30 heavy (non-hydrogen) atoms. The van der Waals surface area contributed by atoms with Crippen LogP contribution in [0, 0.1) is 0 Å². The maximum absolute atomic E-state index is 11.8. The van der Waals surface area contributed by atoms with Gasteiger partial charge in [-0.25, -0.2) is 0 Å². The van der Waals surface area contributed by atoms with E-state index in [0.717, 1.165) is 30.0 Å². The molecule has 2 rings (SSSR count). The van der Waals surface area contributed by atoms with E-state index in [9.17, 15) is 9.59 Å². The van der Waals surface area contributed by atoms with Gasteiger partial charge in [-0.1, -0.05) is 39.0 Å². The lowest BCUT2D eigenvalue weighted by atomic mass is 10.1. The molecule has 0 spiro atoms. The highest BCUT2D eigenvalue weighted by Crippen LogP contribution is 2.20. The molecule has 0 saturated carbocycles. The van der Waals surface area contributed by atoms with Crippen LogP contribution in [0.1, 0.15) is 43.5 Å². The van der Waals surface area contributed by atoms with Gasteiger partial charge in [-0.2, -0.15) is 11.8 Å². The number of benzene rings is 1. The van der Waals surface area contributed by atoms with Crippen LogP contribution in [-0.4, -0.2) is 42.0 Å². The van der Waals surface area contributed by atoms with Crippen molar-refractivity contribution in [3.63, 3.8) is 0 Å². The first-order valence-electron chi connectivity index (χ1n) is 10.1. The Hall–Kier alpha value is -2.38. The van der Waals surface area contributed by atoms with Crippen LogP contribution in [0.5, 0.6) is 5.75 Å². The minimum absolute atomic E-state index is 0.198. The molecule has 6 nitrogen and oxygen atoms in total. The molecule has 0 fully saturated rings. The lowest BCUT2D eigenvalue weighted by molar-refractivity contribution is -0.124. The summed E-state index contributed by atoms with van der Waals surface area (Å²) in [7, 11) is 0. The minimum Gasteiger partial charge on any atom is -0.493 e. The molecule has 2 atom stereocenters. The zero-order valence-electron chi connectivity index (χ0n) is 18.3. The first kappa shape index (κ1) is 25.7. The Kier molecular flexibility index (Phi) is 12.5. The smallest absolute Gasteiger partial charge is 0.239 e. The molecule has 7 heteroatoms. The number of nitrogens with one attached hydrogen (secondary N) is 1. The van der Waals surface area contributed by atoms with Gasteiger partial charge in [0, 0.05) is 17.8 Å². The third-order valence-electron chi connectivity index (χ3n) is 4.38. The monoisotopic (exact) mass is 431 g/mol. The number of carbonyl (C=O) groups is 2. The Balaban J connectivity index is 0.00000141. The average Bonchev–Trinajstić information content (AvgIpc) is 2.77. The van der Waals surface area contributed by atoms with E-state index < -0.39 is 0 Å². The summed E-state index contributed by atoms with van der Waals surface area (Å²) < 4.78 is 5.88. The number of aromatic nitrogens is 1. The van der Waals surface area contributed by atoms with Crippen LogP contribution in [-0.2, 0) is 22.4 Å². The van der Waals surface area contributed by atoms with Crippen LogP contribution in [0.15, 0.2) is 42.6 Å². The molecule has 0 aliphatic carbocycles. The number of nitrogens with zero attached hydrogens (tertiary/aromatic N) is 1. The van der Waals surface area contributed by atoms with Gasteiger partial charge in [-0.3, -0.25) is 19.9 Å². The molecule has 2 amide bonds. The Morgan fingerprint density at radius 2 is 1.83 bits per heavy atom. The number of ether oxygens (including phenoxy) is 1. The topological polar surface area (TPSA) is 94.3 Å². The van der Waals surface area contributed by atoms with Crippen molar-refractivity contribution >= 4 is 24.1 Å². The molecule has 0 bridgehead atoms. The van der Waals surface area contributed by atoms with Crippen molar-refractivity contribution in [1.82, 2.24) is 10.3 Å². The van der Waals surface area contributed by atoms with Crippen LogP contribution < -0.4 is 15.8 Å². The first-order valence-corrected chi connectivity index (χ1v) is 11.4.